The third-order valence-corrected chi connectivity index (χ3v) is 3.42. The van der Waals surface area contributed by atoms with Crippen LogP contribution in [0, 0.1) is 0 Å². The molecule has 0 N–H and O–H groups in total. The second-order valence-electron chi connectivity index (χ2n) is 3.33. The second-order valence-corrected chi connectivity index (χ2v) is 4.44. The van der Waals surface area contributed by atoms with Gasteiger partial charge in [-0.2, -0.15) is 0 Å². The van der Waals surface area contributed by atoms with Crippen molar-refractivity contribution in [2.45, 2.75) is 32.6 Å². The third-order valence-electron chi connectivity index (χ3n) is 2.31. The Hall–Kier alpha value is -0.560. The van der Waals surface area contributed by atoms with Crippen molar-refractivity contribution in [1.29, 1.82) is 0 Å². The van der Waals surface area contributed by atoms with Gasteiger partial charge in [-0.1, -0.05) is 19.8 Å². The van der Waals surface area contributed by atoms with Gasteiger partial charge in [-0.15, -0.1) is 11.3 Å². The molecule has 0 unspecified atom stereocenters. The molecule has 0 atom stereocenters. The smallest absolute Gasteiger partial charge is 0.0309 e. The monoisotopic (exact) mass is 178 g/mol. The first kappa shape index (κ1) is 8.06. The molecule has 1 heteroatoms. The maximum atomic E-state index is 2.34. The highest BCUT2D eigenvalue weighted by molar-refractivity contribution is 7.24. The summed E-state index contributed by atoms with van der Waals surface area (Å²) in [6.45, 7) is 2.26. The Morgan fingerprint density at radius 3 is 2.75 bits per heavy atom. The first-order chi connectivity index (χ1) is 5.90. The molecule has 0 spiro atoms. The minimum absolute atomic E-state index is 1.28. The van der Waals surface area contributed by atoms with Crippen molar-refractivity contribution in [3.63, 3.8) is 0 Å². The summed E-state index contributed by atoms with van der Waals surface area (Å²) < 4.78 is 2.94. The van der Waals surface area contributed by atoms with E-state index in [0.717, 1.165) is 0 Å². The molecular weight excluding hydrogens is 164 g/mol. The lowest BCUT2D eigenvalue weighted by Gasteiger charge is -1.97. The van der Waals surface area contributed by atoms with E-state index in [4.69, 9.17) is 0 Å². The van der Waals surface area contributed by atoms with Crippen LogP contribution < -0.4 is 0 Å². The maximum absolute atomic E-state index is 2.34. The summed E-state index contributed by atoms with van der Waals surface area (Å²) in [5, 5.41) is 0. The molecule has 0 aromatic carbocycles. The van der Waals surface area contributed by atoms with Crippen LogP contribution in [0.15, 0.2) is 18.2 Å². The number of thiophene rings is 2. The molecule has 0 aliphatic carbocycles. The number of benzene rings is 1. The zero-order valence-corrected chi connectivity index (χ0v) is 8.29. The van der Waals surface area contributed by atoms with Gasteiger partial charge in [0.05, 0.1) is 0 Å². The first-order valence-corrected chi connectivity index (χ1v) is 5.52. The molecule has 0 aliphatic heterocycles. The van der Waals surface area contributed by atoms with Gasteiger partial charge < -0.3 is 0 Å². The molecule has 0 saturated carbocycles. The first-order valence-electron chi connectivity index (χ1n) is 4.71. The van der Waals surface area contributed by atoms with Gasteiger partial charge in [0.1, 0.15) is 0 Å². The van der Waals surface area contributed by atoms with E-state index in [-0.39, 0.29) is 0 Å². The van der Waals surface area contributed by atoms with E-state index in [1.165, 1.54) is 35.1 Å². The molecule has 0 fully saturated rings. The van der Waals surface area contributed by atoms with Crippen LogP contribution in [0.4, 0.5) is 0 Å². The van der Waals surface area contributed by atoms with Gasteiger partial charge in [0, 0.05) is 9.40 Å². The van der Waals surface area contributed by atoms with Crippen molar-refractivity contribution in [3.05, 3.63) is 23.8 Å². The zero-order chi connectivity index (χ0) is 8.39. The van der Waals surface area contributed by atoms with Gasteiger partial charge >= 0.3 is 0 Å². The van der Waals surface area contributed by atoms with Crippen LogP contribution >= 0.6 is 11.3 Å². The Morgan fingerprint density at radius 1 is 1.25 bits per heavy atom. The van der Waals surface area contributed by atoms with Crippen LogP contribution in [0.5, 0.6) is 0 Å². The van der Waals surface area contributed by atoms with Crippen molar-refractivity contribution >= 4 is 20.7 Å². The molecule has 64 valence electrons. The number of aryl methyl sites for hydroxylation is 1. The van der Waals surface area contributed by atoms with Gasteiger partial charge in [-0.3, -0.25) is 0 Å². The van der Waals surface area contributed by atoms with E-state index in [2.05, 4.69) is 25.1 Å². The van der Waals surface area contributed by atoms with Crippen LogP contribution in [0.3, 0.4) is 0 Å². The van der Waals surface area contributed by atoms with Crippen molar-refractivity contribution in [1.82, 2.24) is 0 Å². The molecule has 0 amide bonds. The minimum Gasteiger partial charge on any atom is -0.136 e. The molecule has 0 nitrogen and oxygen atoms in total. The highest BCUT2D eigenvalue weighted by Gasteiger charge is 2.03. The second kappa shape index (κ2) is 3.44. The Morgan fingerprint density at radius 2 is 2.17 bits per heavy atom. The normalized spacial score (nSPS) is 11.4. The highest BCUT2D eigenvalue weighted by atomic mass is 32.1. The Bertz CT molecular complexity index is 334. The van der Waals surface area contributed by atoms with E-state index in [9.17, 15) is 0 Å². The average Bonchev–Trinajstić information content (AvgIpc) is 2.65. The highest BCUT2D eigenvalue weighted by Crippen LogP contribution is 2.29. The van der Waals surface area contributed by atoms with Crippen molar-refractivity contribution in [2.75, 3.05) is 0 Å². The fourth-order valence-electron chi connectivity index (χ4n) is 1.61. The van der Waals surface area contributed by atoms with Gasteiger partial charge in [0.25, 0.3) is 0 Å². The van der Waals surface area contributed by atoms with Gasteiger partial charge in [-0.25, -0.2) is 0 Å². The van der Waals surface area contributed by atoms with Crippen molar-refractivity contribution < 1.29 is 0 Å². The lowest BCUT2D eigenvalue weighted by atomic mass is 10.1. The number of unbranched alkanes of at least 4 members (excludes halogenated alkanes) is 2. The molecule has 2 aromatic heterocycles. The Balaban J connectivity index is 1.99. The van der Waals surface area contributed by atoms with E-state index in [0.29, 0.717) is 0 Å². The quantitative estimate of drug-likeness (QED) is 0.619. The summed E-state index contributed by atoms with van der Waals surface area (Å²) in [6, 6.07) is 6.81. The molecule has 2 bridgehead atoms. The molecule has 0 aliphatic rings. The third kappa shape index (κ3) is 1.46. The summed E-state index contributed by atoms with van der Waals surface area (Å²) in [4.78, 5) is 0. The fourth-order valence-corrected chi connectivity index (χ4v) is 2.63. The van der Waals surface area contributed by atoms with Crippen LogP contribution in [-0.4, -0.2) is 0 Å². The molecule has 0 saturated heterocycles. The minimum atomic E-state index is 1.28. The summed E-state index contributed by atoms with van der Waals surface area (Å²) in [7, 11) is 0. The summed E-state index contributed by atoms with van der Waals surface area (Å²) >= 11 is 1.93. The Labute approximate surface area is 77.6 Å². The van der Waals surface area contributed by atoms with Gasteiger partial charge in [0.2, 0.25) is 0 Å². The predicted molar refractivity (Wildman–Crippen MR) is 56.2 cm³/mol. The predicted octanol–water partition coefficient (Wildman–Crippen LogP) is 4.07. The number of hydrogen-bond donors (Lipinski definition) is 0. The lowest BCUT2D eigenvalue weighted by Crippen LogP contribution is -1.82. The molecular formula is C11H14S. The fraction of sp³-hybridized carbons (Fsp3) is 0.455. The number of fused-ring (bicyclic) bond motifs is 2. The Kier molecular flexibility index (Phi) is 2.31. The molecule has 2 heterocycles. The lowest BCUT2D eigenvalue weighted by molar-refractivity contribution is 0.720. The van der Waals surface area contributed by atoms with E-state index < -0.39 is 0 Å². The van der Waals surface area contributed by atoms with Crippen LogP contribution in [0.2, 0.25) is 0 Å². The topological polar surface area (TPSA) is 0 Å². The maximum Gasteiger partial charge on any atom is 0.0309 e. The largest absolute Gasteiger partial charge is 0.136 e. The molecule has 0 radical (unpaired) electrons. The van der Waals surface area contributed by atoms with Gasteiger partial charge in [0.15, 0.2) is 0 Å². The van der Waals surface area contributed by atoms with Crippen LogP contribution in [0.1, 0.15) is 31.7 Å². The summed E-state index contributed by atoms with van der Waals surface area (Å²) in [6.07, 6.45) is 5.33. The molecule has 2 aromatic rings. The molecule has 12 heavy (non-hydrogen) atoms. The molecule has 2 rings (SSSR count). The van der Waals surface area contributed by atoms with E-state index >= 15 is 0 Å². The SMILES string of the molecule is CCCCCc1cc2ccc1s2. The van der Waals surface area contributed by atoms with Crippen molar-refractivity contribution in [2.24, 2.45) is 0 Å². The van der Waals surface area contributed by atoms with Crippen LogP contribution in [-0.2, 0) is 6.42 Å². The number of rotatable bonds is 4. The number of hydrogen-bond acceptors (Lipinski definition) is 1. The van der Waals surface area contributed by atoms with Crippen molar-refractivity contribution in [3.8, 4) is 0 Å². The van der Waals surface area contributed by atoms with Gasteiger partial charge in [-0.05, 0) is 36.6 Å². The van der Waals surface area contributed by atoms with Crippen LogP contribution in [0.25, 0.3) is 9.40 Å². The summed E-state index contributed by atoms with van der Waals surface area (Å²) in [5.41, 5.74) is 1.57. The standard InChI is InChI=1S/C11H14S/c1-2-3-4-5-9-8-10-6-7-11(9)12-10/h6-8H,2-5H2,1H3. The zero-order valence-electron chi connectivity index (χ0n) is 7.47. The van der Waals surface area contributed by atoms with E-state index in [1.54, 1.807) is 5.56 Å². The van der Waals surface area contributed by atoms with E-state index in [1.807, 2.05) is 11.3 Å². The average molecular weight is 178 g/mol. The summed E-state index contributed by atoms with van der Waals surface area (Å²) in [5.74, 6) is 0.